The summed E-state index contributed by atoms with van der Waals surface area (Å²) >= 11 is 0. The number of aliphatic hydroxyl groups excluding tert-OH is 1. The number of aliphatic hydroxyl groups is 1. The molecule has 0 aromatic heterocycles. The van der Waals surface area contributed by atoms with Crippen LogP contribution in [0.3, 0.4) is 0 Å². The van der Waals surface area contributed by atoms with E-state index in [4.69, 9.17) is 0 Å². The maximum Gasteiger partial charge on any atom is 0.0808 e. The van der Waals surface area contributed by atoms with Gasteiger partial charge in [0.25, 0.3) is 0 Å². The molecule has 0 saturated carbocycles. The van der Waals surface area contributed by atoms with Gasteiger partial charge in [-0.2, -0.15) is 0 Å². The van der Waals surface area contributed by atoms with Gasteiger partial charge < -0.3 is 5.11 Å². The minimum absolute atomic E-state index is 0.296. The van der Waals surface area contributed by atoms with Crippen LogP contribution in [0.2, 0.25) is 0 Å². The summed E-state index contributed by atoms with van der Waals surface area (Å²) in [7, 11) is 0. The molecule has 0 amide bonds. The largest absolute Gasteiger partial charge is 0.388 e. The van der Waals surface area contributed by atoms with Gasteiger partial charge in [0.15, 0.2) is 0 Å². The molecule has 2 atom stereocenters. The summed E-state index contributed by atoms with van der Waals surface area (Å²) in [6.07, 6.45) is 5.91. The molecule has 3 rings (SSSR count). The Labute approximate surface area is 132 Å². The maximum atomic E-state index is 10.5. The van der Waals surface area contributed by atoms with Crippen molar-refractivity contribution in [2.75, 3.05) is 6.54 Å². The van der Waals surface area contributed by atoms with E-state index in [0.717, 1.165) is 31.5 Å². The third-order valence-corrected chi connectivity index (χ3v) is 4.29. The fourth-order valence-corrected chi connectivity index (χ4v) is 3.06. The van der Waals surface area contributed by atoms with Crippen LogP contribution in [0.5, 0.6) is 0 Å². The summed E-state index contributed by atoms with van der Waals surface area (Å²) in [6.45, 7) is 1.99. The van der Waals surface area contributed by atoms with E-state index in [1.807, 2.05) is 30.3 Å². The minimum atomic E-state index is -0.410. The van der Waals surface area contributed by atoms with Crippen molar-refractivity contribution in [2.45, 2.75) is 31.5 Å². The molecule has 0 bridgehead atoms. The van der Waals surface area contributed by atoms with E-state index in [1.165, 1.54) is 5.56 Å². The van der Waals surface area contributed by atoms with Gasteiger partial charge in [0.05, 0.1) is 6.10 Å². The molecule has 2 aromatic rings. The molecular weight excluding hydrogens is 270 g/mol. The summed E-state index contributed by atoms with van der Waals surface area (Å²) < 4.78 is 0. The molecule has 0 aliphatic carbocycles. The standard InChI is InChI=1S/C20H23NO/c22-20(18-11-5-2-6-12-18)15-19-13-7-8-14-21(19)16-17-9-3-1-4-10-17/h1-7,9-13,19-20,22H,8,14-16H2/t19-,20+/m0/s1. The number of nitrogens with zero attached hydrogens (tertiary/aromatic N) is 1. The van der Waals surface area contributed by atoms with E-state index in [1.54, 1.807) is 0 Å². The normalized spacial score (nSPS) is 20.0. The number of hydrogen-bond acceptors (Lipinski definition) is 2. The molecule has 1 aliphatic rings. The Morgan fingerprint density at radius 2 is 1.68 bits per heavy atom. The summed E-state index contributed by atoms with van der Waals surface area (Å²) in [4.78, 5) is 2.46. The average molecular weight is 293 g/mol. The van der Waals surface area contributed by atoms with E-state index in [0.29, 0.717) is 6.04 Å². The Morgan fingerprint density at radius 3 is 2.41 bits per heavy atom. The molecule has 0 radical (unpaired) electrons. The van der Waals surface area contributed by atoms with Gasteiger partial charge in [0.1, 0.15) is 0 Å². The molecule has 0 fully saturated rings. The Bertz CT molecular complexity index is 594. The van der Waals surface area contributed by atoms with Gasteiger partial charge in [-0.25, -0.2) is 0 Å². The highest BCUT2D eigenvalue weighted by Crippen LogP contribution is 2.24. The zero-order chi connectivity index (χ0) is 15.2. The van der Waals surface area contributed by atoms with E-state index < -0.39 is 6.10 Å². The second-order valence-electron chi connectivity index (χ2n) is 5.90. The Morgan fingerprint density at radius 1 is 1.00 bits per heavy atom. The first kappa shape index (κ1) is 15.0. The highest BCUT2D eigenvalue weighted by Gasteiger charge is 2.22. The molecule has 1 N–H and O–H groups in total. The van der Waals surface area contributed by atoms with Crippen molar-refractivity contribution in [2.24, 2.45) is 0 Å². The van der Waals surface area contributed by atoms with Crippen LogP contribution in [0.15, 0.2) is 72.8 Å². The van der Waals surface area contributed by atoms with Gasteiger partial charge in [-0.15, -0.1) is 0 Å². The zero-order valence-electron chi connectivity index (χ0n) is 12.8. The molecule has 22 heavy (non-hydrogen) atoms. The first-order valence-corrected chi connectivity index (χ1v) is 8.00. The third kappa shape index (κ3) is 3.85. The fraction of sp³-hybridized carbons (Fsp3) is 0.300. The van der Waals surface area contributed by atoms with Gasteiger partial charge in [-0.05, 0) is 24.0 Å². The zero-order valence-corrected chi connectivity index (χ0v) is 12.8. The average Bonchev–Trinajstić information content (AvgIpc) is 2.58. The predicted molar refractivity (Wildman–Crippen MR) is 90.4 cm³/mol. The van der Waals surface area contributed by atoms with Crippen LogP contribution in [-0.2, 0) is 6.54 Å². The summed E-state index contributed by atoms with van der Waals surface area (Å²) in [6, 6.07) is 20.8. The minimum Gasteiger partial charge on any atom is -0.388 e. The molecule has 0 spiro atoms. The second kappa shape index (κ2) is 7.39. The first-order chi connectivity index (χ1) is 10.8. The second-order valence-corrected chi connectivity index (χ2v) is 5.90. The highest BCUT2D eigenvalue weighted by molar-refractivity contribution is 5.19. The van der Waals surface area contributed by atoms with Crippen molar-refractivity contribution in [3.8, 4) is 0 Å². The lowest BCUT2D eigenvalue weighted by Crippen LogP contribution is -2.37. The fourth-order valence-electron chi connectivity index (χ4n) is 3.06. The molecule has 2 nitrogen and oxygen atoms in total. The molecule has 0 saturated heterocycles. The first-order valence-electron chi connectivity index (χ1n) is 8.00. The SMILES string of the molecule is O[C@H](C[C@@H]1C=CCCN1Cc1ccccc1)c1ccccc1. The van der Waals surface area contributed by atoms with Gasteiger partial charge in [0.2, 0.25) is 0 Å². The quantitative estimate of drug-likeness (QED) is 0.844. The molecule has 2 heteroatoms. The van der Waals surface area contributed by atoms with Gasteiger partial charge in [-0.1, -0.05) is 72.8 Å². The Balaban J connectivity index is 1.67. The molecule has 1 aliphatic heterocycles. The molecule has 0 unspecified atom stereocenters. The van der Waals surface area contributed by atoms with Crippen molar-refractivity contribution in [1.29, 1.82) is 0 Å². The number of hydrogen-bond donors (Lipinski definition) is 1. The molecule has 2 aromatic carbocycles. The number of rotatable bonds is 5. The van der Waals surface area contributed by atoms with E-state index in [-0.39, 0.29) is 0 Å². The highest BCUT2D eigenvalue weighted by atomic mass is 16.3. The van der Waals surface area contributed by atoms with E-state index in [2.05, 4.69) is 47.4 Å². The summed E-state index contributed by atoms with van der Waals surface area (Å²) in [5.41, 5.74) is 2.33. The van der Waals surface area contributed by atoms with Crippen LogP contribution in [-0.4, -0.2) is 22.6 Å². The summed E-state index contributed by atoms with van der Waals surface area (Å²) in [5.74, 6) is 0. The van der Waals surface area contributed by atoms with E-state index >= 15 is 0 Å². The molecular formula is C20H23NO. The number of benzene rings is 2. The van der Waals surface area contributed by atoms with Gasteiger partial charge >= 0.3 is 0 Å². The summed E-state index contributed by atoms with van der Waals surface area (Å²) in [5, 5.41) is 10.5. The van der Waals surface area contributed by atoms with Crippen LogP contribution in [0, 0.1) is 0 Å². The van der Waals surface area contributed by atoms with Crippen LogP contribution >= 0.6 is 0 Å². The van der Waals surface area contributed by atoms with E-state index in [9.17, 15) is 5.11 Å². The van der Waals surface area contributed by atoms with Crippen molar-refractivity contribution in [1.82, 2.24) is 4.90 Å². The predicted octanol–water partition coefficient (Wildman–Crippen LogP) is 3.94. The smallest absolute Gasteiger partial charge is 0.0808 e. The lowest BCUT2D eigenvalue weighted by atomic mass is 9.98. The van der Waals surface area contributed by atoms with Crippen molar-refractivity contribution >= 4 is 0 Å². The topological polar surface area (TPSA) is 23.5 Å². The van der Waals surface area contributed by atoms with Crippen molar-refractivity contribution < 1.29 is 5.11 Å². The monoisotopic (exact) mass is 293 g/mol. The lowest BCUT2D eigenvalue weighted by molar-refractivity contribution is 0.112. The van der Waals surface area contributed by atoms with Crippen LogP contribution in [0.25, 0.3) is 0 Å². The lowest BCUT2D eigenvalue weighted by Gasteiger charge is -2.33. The van der Waals surface area contributed by atoms with Crippen LogP contribution < -0.4 is 0 Å². The van der Waals surface area contributed by atoms with Gasteiger partial charge in [0, 0.05) is 19.1 Å². The van der Waals surface area contributed by atoms with Crippen LogP contribution in [0.1, 0.15) is 30.1 Å². The molecule has 1 heterocycles. The third-order valence-electron chi connectivity index (χ3n) is 4.29. The molecule has 114 valence electrons. The van der Waals surface area contributed by atoms with Crippen molar-refractivity contribution in [3.05, 3.63) is 83.9 Å². The van der Waals surface area contributed by atoms with Crippen LogP contribution in [0.4, 0.5) is 0 Å². The Hall–Kier alpha value is -1.90. The Kier molecular flexibility index (Phi) is 5.04. The van der Waals surface area contributed by atoms with Crippen molar-refractivity contribution in [3.63, 3.8) is 0 Å². The maximum absolute atomic E-state index is 10.5. The van der Waals surface area contributed by atoms with Gasteiger partial charge in [-0.3, -0.25) is 4.90 Å².